The molecule has 7 heteroatoms. The van der Waals surface area contributed by atoms with Gasteiger partial charge in [-0.2, -0.15) is 0 Å². The Morgan fingerprint density at radius 2 is 2.08 bits per heavy atom. The maximum absolute atomic E-state index is 12.9. The van der Waals surface area contributed by atoms with Gasteiger partial charge in [-0.1, -0.05) is 19.3 Å². The Balaban J connectivity index is 1.72. The second-order valence-electron chi connectivity index (χ2n) is 7.25. The fourth-order valence-corrected chi connectivity index (χ4v) is 4.22. The van der Waals surface area contributed by atoms with Crippen molar-refractivity contribution in [3.8, 4) is 0 Å². The Kier molecular flexibility index (Phi) is 6.08. The molecule has 1 saturated carbocycles. The van der Waals surface area contributed by atoms with Gasteiger partial charge < -0.3 is 15.0 Å². The van der Waals surface area contributed by atoms with Crippen LogP contribution < -0.4 is 5.32 Å². The van der Waals surface area contributed by atoms with Crippen molar-refractivity contribution in [1.29, 1.82) is 0 Å². The largest absolute Gasteiger partial charge is 0.383 e. The van der Waals surface area contributed by atoms with Crippen LogP contribution in [0, 0.1) is 22.0 Å². The fraction of sp³-hybridized carbons (Fsp3) is 0.632. The third-order valence-corrected chi connectivity index (χ3v) is 5.64. The van der Waals surface area contributed by atoms with Crippen LogP contribution in [-0.4, -0.2) is 49.1 Å². The van der Waals surface area contributed by atoms with E-state index in [4.69, 9.17) is 4.74 Å². The van der Waals surface area contributed by atoms with E-state index in [2.05, 4.69) is 5.32 Å². The minimum atomic E-state index is -0.445. The number of rotatable bonds is 6. The number of piperidine rings is 1. The molecule has 1 amide bonds. The van der Waals surface area contributed by atoms with Crippen molar-refractivity contribution in [2.45, 2.75) is 32.1 Å². The third kappa shape index (κ3) is 4.15. The van der Waals surface area contributed by atoms with Crippen molar-refractivity contribution < 1.29 is 14.5 Å². The molecule has 2 aliphatic rings. The number of amides is 1. The molecule has 1 saturated heterocycles. The predicted octanol–water partition coefficient (Wildman–Crippen LogP) is 3.31. The number of hydrogen-bond donors (Lipinski definition) is 1. The third-order valence-electron chi connectivity index (χ3n) is 5.64. The van der Waals surface area contributed by atoms with Gasteiger partial charge in [-0.15, -0.1) is 0 Å². The average Bonchev–Trinajstić information content (AvgIpc) is 2.67. The maximum atomic E-state index is 12.9. The maximum Gasteiger partial charge on any atom is 0.293 e. The molecular weight excluding hydrogens is 334 g/mol. The summed E-state index contributed by atoms with van der Waals surface area (Å²) < 4.78 is 4.96. The number of benzene rings is 1. The minimum Gasteiger partial charge on any atom is -0.383 e. The number of ether oxygens (including phenoxy) is 1. The molecule has 1 heterocycles. The van der Waals surface area contributed by atoms with Gasteiger partial charge in [-0.05, 0) is 36.8 Å². The molecule has 26 heavy (non-hydrogen) atoms. The van der Waals surface area contributed by atoms with Crippen LogP contribution in [0.5, 0.6) is 0 Å². The molecule has 0 spiro atoms. The van der Waals surface area contributed by atoms with Crippen LogP contribution in [0.1, 0.15) is 42.5 Å². The zero-order valence-corrected chi connectivity index (χ0v) is 15.3. The van der Waals surface area contributed by atoms with Gasteiger partial charge in [0.05, 0.1) is 11.5 Å². The number of nitro groups is 1. The smallest absolute Gasteiger partial charge is 0.293 e. The molecule has 0 aromatic heterocycles. The summed E-state index contributed by atoms with van der Waals surface area (Å²) in [6, 6.07) is 4.69. The number of carbonyl (C=O) groups is 1. The summed E-state index contributed by atoms with van der Waals surface area (Å²) in [6.07, 6.45) is 6.07. The first-order chi connectivity index (χ1) is 12.6. The molecule has 2 fully saturated rings. The normalized spacial score (nSPS) is 22.6. The van der Waals surface area contributed by atoms with Crippen molar-refractivity contribution in [3.63, 3.8) is 0 Å². The summed E-state index contributed by atoms with van der Waals surface area (Å²) in [5.41, 5.74) is 0.734. The van der Waals surface area contributed by atoms with Gasteiger partial charge >= 0.3 is 0 Å². The van der Waals surface area contributed by atoms with Gasteiger partial charge in [-0.3, -0.25) is 14.9 Å². The molecule has 3 rings (SSSR count). The van der Waals surface area contributed by atoms with Crippen LogP contribution in [0.2, 0.25) is 0 Å². The van der Waals surface area contributed by atoms with Crippen LogP contribution in [0.25, 0.3) is 0 Å². The van der Waals surface area contributed by atoms with E-state index >= 15 is 0 Å². The SMILES string of the molecule is COCCNc1ccc(C(=O)N2CC[C@H]3CCCC[C@@H]3C2)cc1[N+](=O)[O-]. The predicted molar refractivity (Wildman–Crippen MR) is 99.4 cm³/mol. The summed E-state index contributed by atoms with van der Waals surface area (Å²) in [7, 11) is 1.58. The van der Waals surface area contributed by atoms with E-state index in [0.717, 1.165) is 25.4 Å². The highest BCUT2D eigenvalue weighted by atomic mass is 16.6. The van der Waals surface area contributed by atoms with Gasteiger partial charge in [0.2, 0.25) is 0 Å². The van der Waals surface area contributed by atoms with Crippen LogP contribution in [0.15, 0.2) is 18.2 Å². The highest BCUT2D eigenvalue weighted by Crippen LogP contribution is 2.36. The number of likely N-dealkylation sites (tertiary alicyclic amines) is 1. The quantitative estimate of drug-likeness (QED) is 0.477. The first-order valence-electron chi connectivity index (χ1n) is 9.40. The van der Waals surface area contributed by atoms with Gasteiger partial charge in [0.1, 0.15) is 5.69 Å². The molecule has 1 aromatic rings. The fourth-order valence-electron chi connectivity index (χ4n) is 4.22. The molecule has 142 valence electrons. The number of methoxy groups -OCH3 is 1. The zero-order chi connectivity index (χ0) is 18.5. The Morgan fingerprint density at radius 1 is 1.31 bits per heavy atom. The molecule has 7 nitrogen and oxygen atoms in total. The number of anilines is 1. The highest BCUT2D eigenvalue weighted by Gasteiger charge is 2.33. The van der Waals surface area contributed by atoms with Crippen molar-refractivity contribution in [3.05, 3.63) is 33.9 Å². The number of nitro benzene ring substituents is 1. The highest BCUT2D eigenvalue weighted by molar-refractivity contribution is 5.95. The Morgan fingerprint density at radius 3 is 2.81 bits per heavy atom. The summed E-state index contributed by atoms with van der Waals surface area (Å²) in [5.74, 6) is 1.24. The lowest BCUT2D eigenvalue weighted by molar-refractivity contribution is -0.384. The number of hydrogen-bond acceptors (Lipinski definition) is 5. The summed E-state index contributed by atoms with van der Waals surface area (Å²) in [4.78, 5) is 25.7. The van der Waals surface area contributed by atoms with E-state index in [1.807, 2.05) is 4.90 Å². The first kappa shape index (κ1) is 18.6. The zero-order valence-electron chi connectivity index (χ0n) is 15.3. The Labute approximate surface area is 153 Å². The van der Waals surface area contributed by atoms with E-state index in [9.17, 15) is 14.9 Å². The van der Waals surface area contributed by atoms with E-state index in [1.54, 1.807) is 19.2 Å². The van der Waals surface area contributed by atoms with Crippen molar-refractivity contribution >= 4 is 17.3 Å². The summed E-state index contributed by atoms with van der Waals surface area (Å²) in [5, 5.41) is 14.4. The van der Waals surface area contributed by atoms with Crippen molar-refractivity contribution in [2.24, 2.45) is 11.8 Å². The van der Waals surface area contributed by atoms with Gasteiger partial charge in [-0.25, -0.2) is 0 Å². The lowest BCUT2D eigenvalue weighted by atomic mass is 9.75. The van der Waals surface area contributed by atoms with Gasteiger partial charge in [0, 0.05) is 38.4 Å². The van der Waals surface area contributed by atoms with Gasteiger partial charge in [0.15, 0.2) is 0 Å². The molecule has 1 aromatic carbocycles. The summed E-state index contributed by atoms with van der Waals surface area (Å²) in [6.45, 7) is 2.46. The number of nitrogens with one attached hydrogen (secondary N) is 1. The van der Waals surface area contributed by atoms with Crippen molar-refractivity contribution in [2.75, 3.05) is 38.7 Å². The lowest BCUT2D eigenvalue weighted by Crippen LogP contribution is -2.44. The Hall–Kier alpha value is -2.15. The molecular formula is C19H27N3O4. The van der Waals surface area contributed by atoms with Crippen LogP contribution in [-0.2, 0) is 4.74 Å². The van der Waals surface area contributed by atoms with E-state index < -0.39 is 4.92 Å². The number of nitrogens with zero attached hydrogens (tertiary/aromatic N) is 2. The van der Waals surface area contributed by atoms with Crippen LogP contribution >= 0.6 is 0 Å². The van der Waals surface area contributed by atoms with Crippen LogP contribution in [0.4, 0.5) is 11.4 Å². The second kappa shape index (κ2) is 8.49. The molecule has 0 unspecified atom stereocenters. The first-order valence-corrected chi connectivity index (χ1v) is 9.40. The van der Waals surface area contributed by atoms with E-state index in [-0.39, 0.29) is 11.6 Å². The van der Waals surface area contributed by atoms with Gasteiger partial charge in [0.25, 0.3) is 11.6 Å². The molecule has 0 radical (unpaired) electrons. The lowest BCUT2D eigenvalue weighted by Gasteiger charge is -2.41. The topological polar surface area (TPSA) is 84.7 Å². The van der Waals surface area contributed by atoms with Crippen LogP contribution in [0.3, 0.4) is 0 Å². The number of fused-ring (bicyclic) bond motifs is 1. The standard InChI is InChI=1S/C19H27N3O4/c1-26-11-9-20-17-7-6-15(12-18(17)22(24)25)19(23)21-10-8-14-4-2-3-5-16(14)13-21/h6-7,12,14,16,20H,2-5,8-11,13H2,1H3/t14-,16-/m1/s1. The second-order valence-corrected chi connectivity index (χ2v) is 7.25. The Bertz CT molecular complexity index is 664. The monoisotopic (exact) mass is 361 g/mol. The van der Waals surface area contributed by atoms with E-state index in [0.29, 0.717) is 30.3 Å². The summed E-state index contributed by atoms with van der Waals surface area (Å²) >= 11 is 0. The molecule has 1 N–H and O–H groups in total. The molecule has 1 aliphatic carbocycles. The number of carbonyl (C=O) groups excluding carboxylic acids is 1. The molecule has 1 aliphatic heterocycles. The molecule has 2 atom stereocenters. The van der Waals surface area contributed by atoms with Crippen molar-refractivity contribution in [1.82, 2.24) is 4.90 Å². The minimum absolute atomic E-state index is 0.0699. The molecule has 0 bridgehead atoms. The van der Waals surface area contributed by atoms with E-state index in [1.165, 1.54) is 31.7 Å². The average molecular weight is 361 g/mol.